The van der Waals surface area contributed by atoms with Crippen molar-refractivity contribution >= 4 is 23.8 Å². The first-order valence-corrected chi connectivity index (χ1v) is 7.54. The molecular weight excluding hydrogens is 314 g/mol. The Morgan fingerprint density at radius 3 is 2.25 bits per heavy atom. The van der Waals surface area contributed by atoms with Crippen molar-refractivity contribution in [3.05, 3.63) is 29.8 Å². The summed E-state index contributed by atoms with van der Waals surface area (Å²) in [6, 6.07) is 6.66. The average molecular weight is 333 g/mol. The van der Waals surface area contributed by atoms with Gasteiger partial charge in [-0.1, -0.05) is 12.1 Å². The summed E-state index contributed by atoms with van der Waals surface area (Å²) in [4.78, 5) is 48.5. The van der Waals surface area contributed by atoms with E-state index in [-0.39, 0.29) is 6.54 Å². The van der Waals surface area contributed by atoms with Gasteiger partial charge < -0.3 is 10.1 Å². The van der Waals surface area contributed by atoms with E-state index in [9.17, 15) is 19.2 Å². The van der Waals surface area contributed by atoms with Crippen LogP contribution in [0, 0.1) is 0 Å². The zero-order valence-corrected chi connectivity index (χ0v) is 13.6. The summed E-state index contributed by atoms with van der Waals surface area (Å²) in [7, 11) is 1.58. The van der Waals surface area contributed by atoms with Gasteiger partial charge >= 0.3 is 17.8 Å². The monoisotopic (exact) mass is 333 g/mol. The van der Waals surface area contributed by atoms with Gasteiger partial charge in [-0.05, 0) is 31.0 Å². The molecule has 0 radical (unpaired) electrons. The van der Waals surface area contributed by atoms with E-state index in [1.807, 2.05) is 24.3 Å². The van der Waals surface area contributed by atoms with Crippen molar-refractivity contribution in [1.29, 1.82) is 0 Å². The van der Waals surface area contributed by atoms with Gasteiger partial charge in [-0.25, -0.2) is 9.69 Å². The van der Waals surface area contributed by atoms with Crippen molar-refractivity contribution in [2.75, 3.05) is 26.7 Å². The fourth-order valence-corrected chi connectivity index (χ4v) is 2.31. The maximum Gasteiger partial charge on any atom is 0.334 e. The molecule has 128 valence electrons. The number of rotatable bonds is 7. The molecule has 8 heteroatoms. The summed E-state index contributed by atoms with van der Waals surface area (Å²) in [6.45, 7) is 1.58. The minimum atomic E-state index is -0.966. The second kappa shape index (κ2) is 7.58. The molecule has 0 spiro atoms. The Labute approximate surface area is 139 Å². The van der Waals surface area contributed by atoms with Crippen LogP contribution in [-0.4, -0.2) is 60.3 Å². The number of hydrogen-bond donors (Lipinski definition) is 1. The van der Waals surface area contributed by atoms with E-state index in [0.29, 0.717) is 17.9 Å². The van der Waals surface area contributed by atoms with Crippen LogP contribution in [0.2, 0.25) is 0 Å². The summed E-state index contributed by atoms with van der Waals surface area (Å²) in [5.41, 5.74) is 1.01. The predicted molar refractivity (Wildman–Crippen MR) is 84.2 cm³/mol. The van der Waals surface area contributed by atoms with Crippen LogP contribution in [0.3, 0.4) is 0 Å². The molecule has 1 fully saturated rings. The van der Waals surface area contributed by atoms with E-state index in [0.717, 1.165) is 16.2 Å². The second-order valence-corrected chi connectivity index (χ2v) is 5.17. The molecule has 0 atom stereocenters. The number of methoxy groups -OCH3 is 1. The normalized spacial score (nSPS) is 14.3. The highest BCUT2D eigenvalue weighted by Crippen LogP contribution is 2.12. The zero-order chi connectivity index (χ0) is 17.7. The molecule has 1 aliphatic rings. The number of likely N-dealkylation sites (N-methyl/N-ethyl adjacent to an activating group) is 1. The maximum atomic E-state index is 11.9. The molecule has 0 aliphatic carbocycles. The van der Waals surface area contributed by atoms with Crippen LogP contribution in [0.4, 0.5) is 4.79 Å². The molecule has 1 heterocycles. The summed E-state index contributed by atoms with van der Waals surface area (Å²) in [5, 5.41) is 2.63. The number of nitrogens with zero attached hydrogens (tertiary/aromatic N) is 2. The summed E-state index contributed by atoms with van der Waals surface area (Å²) in [5.74, 6) is -1.60. The Kier molecular flexibility index (Phi) is 5.51. The molecule has 2 rings (SSSR count). The highest BCUT2D eigenvalue weighted by molar-refractivity contribution is 6.45. The zero-order valence-electron chi connectivity index (χ0n) is 13.6. The van der Waals surface area contributed by atoms with Gasteiger partial charge in [0.25, 0.3) is 0 Å². The second-order valence-electron chi connectivity index (χ2n) is 5.17. The summed E-state index contributed by atoms with van der Waals surface area (Å²) >= 11 is 0. The Morgan fingerprint density at radius 2 is 1.71 bits per heavy atom. The number of amides is 5. The van der Waals surface area contributed by atoms with Crippen molar-refractivity contribution in [3.63, 3.8) is 0 Å². The van der Waals surface area contributed by atoms with Gasteiger partial charge in [-0.3, -0.25) is 19.3 Å². The molecule has 0 aromatic heterocycles. The van der Waals surface area contributed by atoms with Crippen LogP contribution in [0.5, 0.6) is 5.75 Å². The fourth-order valence-electron chi connectivity index (χ4n) is 2.31. The number of urea groups is 1. The Hall–Kier alpha value is -2.90. The van der Waals surface area contributed by atoms with Crippen molar-refractivity contribution < 1.29 is 23.9 Å². The molecule has 0 bridgehead atoms. The van der Waals surface area contributed by atoms with Crippen molar-refractivity contribution in [1.82, 2.24) is 15.1 Å². The number of nitrogens with one attached hydrogen (secondary N) is 1. The number of carbonyl (C=O) groups excluding carboxylic acids is 4. The quantitative estimate of drug-likeness (QED) is 0.567. The lowest BCUT2D eigenvalue weighted by Gasteiger charge is -2.14. The van der Waals surface area contributed by atoms with Crippen molar-refractivity contribution in [3.8, 4) is 5.75 Å². The lowest BCUT2D eigenvalue weighted by atomic mass is 10.1. The number of hydrogen-bond acceptors (Lipinski definition) is 5. The van der Waals surface area contributed by atoms with Crippen LogP contribution in [0.15, 0.2) is 24.3 Å². The standard InChI is InChI=1S/C16H19N3O5/c1-3-18-14(21)15(22)19(16(18)23)10-13(20)17-9-8-11-4-6-12(24-2)7-5-11/h4-7H,3,8-10H2,1-2H3,(H,17,20). The van der Waals surface area contributed by atoms with Gasteiger partial charge in [0.05, 0.1) is 7.11 Å². The minimum Gasteiger partial charge on any atom is -0.497 e. The molecule has 1 aromatic carbocycles. The minimum absolute atomic E-state index is 0.0962. The smallest absolute Gasteiger partial charge is 0.334 e. The van der Waals surface area contributed by atoms with E-state index in [4.69, 9.17) is 4.74 Å². The lowest BCUT2D eigenvalue weighted by molar-refractivity contribution is -0.143. The van der Waals surface area contributed by atoms with E-state index in [1.54, 1.807) is 14.0 Å². The highest BCUT2D eigenvalue weighted by Gasteiger charge is 2.44. The van der Waals surface area contributed by atoms with Gasteiger partial charge in [0, 0.05) is 13.1 Å². The van der Waals surface area contributed by atoms with Crippen LogP contribution >= 0.6 is 0 Å². The summed E-state index contributed by atoms with van der Waals surface area (Å²) in [6.07, 6.45) is 0.595. The molecule has 8 nitrogen and oxygen atoms in total. The Balaban J connectivity index is 1.82. The van der Waals surface area contributed by atoms with Gasteiger partial charge in [0.1, 0.15) is 12.3 Å². The first-order valence-electron chi connectivity index (χ1n) is 7.54. The molecule has 0 unspecified atom stereocenters. The number of benzene rings is 1. The number of imide groups is 2. The fraction of sp³-hybridized carbons (Fsp3) is 0.375. The van der Waals surface area contributed by atoms with Gasteiger partial charge in [-0.2, -0.15) is 0 Å². The maximum absolute atomic E-state index is 11.9. The van der Waals surface area contributed by atoms with Crippen LogP contribution in [0.1, 0.15) is 12.5 Å². The largest absolute Gasteiger partial charge is 0.497 e. The first-order chi connectivity index (χ1) is 11.5. The molecule has 24 heavy (non-hydrogen) atoms. The van der Waals surface area contributed by atoms with Crippen LogP contribution in [0.25, 0.3) is 0 Å². The van der Waals surface area contributed by atoms with Crippen molar-refractivity contribution in [2.24, 2.45) is 0 Å². The topological polar surface area (TPSA) is 96.0 Å². The highest BCUT2D eigenvalue weighted by atomic mass is 16.5. The molecule has 1 aromatic rings. The van der Waals surface area contributed by atoms with E-state index >= 15 is 0 Å². The third-order valence-electron chi connectivity index (χ3n) is 3.65. The Bertz CT molecular complexity index is 656. The molecule has 1 N–H and O–H groups in total. The number of ether oxygens (including phenoxy) is 1. The lowest BCUT2D eigenvalue weighted by Crippen LogP contribution is -2.41. The molecular formula is C16H19N3O5. The predicted octanol–water partition coefficient (Wildman–Crippen LogP) is 0.165. The van der Waals surface area contributed by atoms with Gasteiger partial charge in [0.15, 0.2) is 0 Å². The number of carbonyl (C=O) groups is 4. The molecule has 5 amide bonds. The van der Waals surface area contributed by atoms with Crippen LogP contribution < -0.4 is 10.1 Å². The third kappa shape index (κ3) is 3.70. The van der Waals surface area contributed by atoms with E-state index in [1.165, 1.54) is 0 Å². The summed E-state index contributed by atoms with van der Waals surface area (Å²) < 4.78 is 5.06. The average Bonchev–Trinajstić information content (AvgIpc) is 2.78. The van der Waals surface area contributed by atoms with Gasteiger partial charge in [0.2, 0.25) is 5.91 Å². The third-order valence-corrected chi connectivity index (χ3v) is 3.65. The van der Waals surface area contributed by atoms with E-state index < -0.39 is 30.3 Å². The molecule has 1 aliphatic heterocycles. The van der Waals surface area contributed by atoms with Crippen LogP contribution in [-0.2, 0) is 20.8 Å². The van der Waals surface area contributed by atoms with Gasteiger partial charge in [-0.15, -0.1) is 0 Å². The molecule has 1 saturated heterocycles. The Morgan fingerprint density at radius 1 is 1.08 bits per heavy atom. The molecule has 0 saturated carbocycles. The first kappa shape index (κ1) is 17.5. The SMILES string of the molecule is CCN1C(=O)C(=O)N(CC(=O)NCCc2ccc(OC)cc2)C1=O. The van der Waals surface area contributed by atoms with Crippen molar-refractivity contribution in [2.45, 2.75) is 13.3 Å². The van der Waals surface area contributed by atoms with E-state index in [2.05, 4.69) is 5.32 Å².